The number of carbonyl (C=O) groups is 1. The van der Waals surface area contributed by atoms with Gasteiger partial charge in [0.25, 0.3) is 5.91 Å². The van der Waals surface area contributed by atoms with Crippen LogP contribution >= 0.6 is 0 Å². The maximum absolute atomic E-state index is 13.1. The highest BCUT2D eigenvalue weighted by Crippen LogP contribution is 2.34. The van der Waals surface area contributed by atoms with Gasteiger partial charge in [0.2, 0.25) is 0 Å². The van der Waals surface area contributed by atoms with Crippen LogP contribution in [0.5, 0.6) is 11.5 Å². The molecule has 0 atom stereocenters. The monoisotopic (exact) mass is 377 g/mol. The molecule has 1 aliphatic rings. The molecule has 0 unspecified atom stereocenters. The van der Waals surface area contributed by atoms with E-state index in [1.54, 1.807) is 20.3 Å². The number of anilines is 1. The SMILES string of the molecule is COc1cc(C)c(NC(=O)c2nn(-c3ccccc3)c3c2CCC3)cc1OC. The fourth-order valence-corrected chi connectivity index (χ4v) is 3.70. The molecule has 1 heterocycles. The van der Waals surface area contributed by atoms with Crippen LogP contribution in [-0.4, -0.2) is 29.9 Å². The summed E-state index contributed by atoms with van der Waals surface area (Å²) in [5, 5.41) is 7.65. The van der Waals surface area contributed by atoms with E-state index in [1.807, 2.05) is 48.0 Å². The molecule has 4 rings (SSSR count). The van der Waals surface area contributed by atoms with Gasteiger partial charge in [-0.25, -0.2) is 4.68 Å². The van der Waals surface area contributed by atoms with E-state index < -0.39 is 0 Å². The lowest BCUT2D eigenvalue weighted by molar-refractivity contribution is 0.102. The number of rotatable bonds is 5. The second kappa shape index (κ2) is 7.38. The summed E-state index contributed by atoms with van der Waals surface area (Å²) in [6.07, 6.45) is 2.84. The van der Waals surface area contributed by atoms with E-state index in [-0.39, 0.29) is 5.91 Å². The third-order valence-electron chi connectivity index (χ3n) is 5.12. The van der Waals surface area contributed by atoms with Crippen molar-refractivity contribution in [2.24, 2.45) is 0 Å². The van der Waals surface area contributed by atoms with E-state index in [9.17, 15) is 4.79 Å². The lowest BCUT2D eigenvalue weighted by Gasteiger charge is -2.13. The van der Waals surface area contributed by atoms with Gasteiger partial charge in [0.15, 0.2) is 17.2 Å². The van der Waals surface area contributed by atoms with Crippen LogP contribution in [0.15, 0.2) is 42.5 Å². The highest BCUT2D eigenvalue weighted by Gasteiger charge is 2.27. The number of fused-ring (bicyclic) bond motifs is 1. The summed E-state index contributed by atoms with van der Waals surface area (Å²) >= 11 is 0. The number of nitrogens with zero attached hydrogens (tertiary/aromatic N) is 2. The Morgan fingerprint density at radius 2 is 1.79 bits per heavy atom. The van der Waals surface area contributed by atoms with Gasteiger partial charge < -0.3 is 14.8 Å². The van der Waals surface area contributed by atoms with Crippen molar-refractivity contribution in [3.63, 3.8) is 0 Å². The largest absolute Gasteiger partial charge is 0.493 e. The van der Waals surface area contributed by atoms with Gasteiger partial charge in [-0.3, -0.25) is 4.79 Å². The van der Waals surface area contributed by atoms with Gasteiger partial charge in [-0.2, -0.15) is 5.10 Å². The molecule has 144 valence electrons. The van der Waals surface area contributed by atoms with Gasteiger partial charge in [-0.15, -0.1) is 0 Å². The minimum atomic E-state index is -0.205. The van der Waals surface area contributed by atoms with Gasteiger partial charge >= 0.3 is 0 Å². The van der Waals surface area contributed by atoms with Crippen molar-refractivity contribution < 1.29 is 14.3 Å². The number of para-hydroxylation sites is 1. The molecule has 6 nitrogen and oxygen atoms in total. The summed E-state index contributed by atoms with van der Waals surface area (Å²) < 4.78 is 12.6. The zero-order valence-corrected chi connectivity index (χ0v) is 16.3. The van der Waals surface area contributed by atoms with Crippen LogP contribution < -0.4 is 14.8 Å². The van der Waals surface area contributed by atoms with Crippen LogP contribution in [0, 0.1) is 6.92 Å². The zero-order valence-electron chi connectivity index (χ0n) is 16.3. The second-order valence-corrected chi connectivity index (χ2v) is 6.85. The fraction of sp³-hybridized carbons (Fsp3) is 0.273. The summed E-state index contributed by atoms with van der Waals surface area (Å²) in [4.78, 5) is 13.1. The average molecular weight is 377 g/mol. The van der Waals surface area contributed by atoms with E-state index in [4.69, 9.17) is 9.47 Å². The van der Waals surface area contributed by atoms with Gasteiger partial charge in [0.1, 0.15) is 0 Å². The standard InChI is InChI=1S/C22H23N3O3/c1-14-12-19(27-2)20(28-3)13-17(14)23-22(26)21-16-10-7-11-18(16)25(24-21)15-8-5-4-6-9-15/h4-6,8-9,12-13H,7,10-11H2,1-3H3,(H,23,26). The second-order valence-electron chi connectivity index (χ2n) is 6.85. The number of hydrogen-bond donors (Lipinski definition) is 1. The Hall–Kier alpha value is -3.28. The first-order valence-corrected chi connectivity index (χ1v) is 9.32. The van der Waals surface area contributed by atoms with Crippen molar-refractivity contribution in [3.8, 4) is 17.2 Å². The van der Waals surface area contributed by atoms with Crippen LogP contribution in [0.1, 0.15) is 33.7 Å². The number of methoxy groups -OCH3 is 2. The van der Waals surface area contributed by atoms with Crippen molar-refractivity contribution in [2.75, 3.05) is 19.5 Å². The molecule has 1 N–H and O–H groups in total. The first-order chi connectivity index (χ1) is 13.6. The molecular formula is C22H23N3O3. The first kappa shape index (κ1) is 18.1. The lowest BCUT2D eigenvalue weighted by atomic mass is 10.1. The smallest absolute Gasteiger partial charge is 0.276 e. The average Bonchev–Trinajstić information content (AvgIpc) is 3.32. The zero-order chi connectivity index (χ0) is 19.7. The molecule has 0 saturated heterocycles. The molecule has 0 bridgehead atoms. The Bertz CT molecular complexity index is 1030. The summed E-state index contributed by atoms with van der Waals surface area (Å²) in [5.74, 6) is 0.999. The topological polar surface area (TPSA) is 65.4 Å². The summed E-state index contributed by atoms with van der Waals surface area (Å²) in [7, 11) is 3.17. The molecule has 0 spiro atoms. The molecule has 0 fully saturated rings. The predicted octanol–water partition coefficient (Wildman–Crippen LogP) is 3.94. The number of aromatic nitrogens is 2. The van der Waals surface area contributed by atoms with Gasteiger partial charge in [-0.05, 0) is 49.9 Å². The first-order valence-electron chi connectivity index (χ1n) is 9.32. The Labute approximate surface area is 164 Å². The molecule has 2 aromatic carbocycles. The Morgan fingerprint density at radius 1 is 1.07 bits per heavy atom. The van der Waals surface area contributed by atoms with E-state index in [0.717, 1.165) is 41.8 Å². The minimum Gasteiger partial charge on any atom is -0.493 e. The summed E-state index contributed by atoms with van der Waals surface area (Å²) in [6.45, 7) is 1.92. The van der Waals surface area contributed by atoms with E-state index in [1.165, 1.54) is 0 Å². The van der Waals surface area contributed by atoms with E-state index >= 15 is 0 Å². The number of aryl methyl sites for hydroxylation is 1. The Balaban J connectivity index is 1.69. The van der Waals surface area contributed by atoms with Gasteiger partial charge in [0.05, 0.1) is 19.9 Å². The van der Waals surface area contributed by atoms with E-state index in [2.05, 4.69) is 10.4 Å². The van der Waals surface area contributed by atoms with E-state index in [0.29, 0.717) is 22.9 Å². The van der Waals surface area contributed by atoms with Crippen LogP contribution in [0.4, 0.5) is 5.69 Å². The Morgan fingerprint density at radius 3 is 2.50 bits per heavy atom. The molecule has 0 saturated carbocycles. The van der Waals surface area contributed by atoms with Crippen molar-refractivity contribution >= 4 is 11.6 Å². The summed E-state index contributed by atoms with van der Waals surface area (Å²) in [6, 6.07) is 13.6. The highest BCUT2D eigenvalue weighted by atomic mass is 16.5. The maximum Gasteiger partial charge on any atom is 0.276 e. The van der Waals surface area contributed by atoms with Gasteiger partial charge in [-0.1, -0.05) is 18.2 Å². The van der Waals surface area contributed by atoms with Crippen molar-refractivity contribution in [2.45, 2.75) is 26.2 Å². The molecule has 6 heteroatoms. The number of ether oxygens (including phenoxy) is 2. The molecule has 1 aromatic heterocycles. The lowest BCUT2D eigenvalue weighted by Crippen LogP contribution is -2.16. The van der Waals surface area contributed by atoms with Crippen molar-refractivity contribution in [3.05, 3.63) is 65.0 Å². The molecular weight excluding hydrogens is 354 g/mol. The van der Waals surface area contributed by atoms with Crippen LogP contribution in [0.3, 0.4) is 0 Å². The van der Waals surface area contributed by atoms with Crippen LogP contribution in [-0.2, 0) is 12.8 Å². The quantitative estimate of drug-likeness (QED) is 0.731. The number of nitrogens with one attached hydrogen (secondary N) is 1. The predicted molar refractivity (Wildman–Crippen MR) is 108 cm³/mol. The number of hydrogen-bond acceptors (Lipinski definition) is 4. The summed E-state index contributed by atoms with van der Waals surface area (Å²) in [5.41, 5.74) is 5.21. The van der Waals surface area contributed by atoms with Crippen molar-refractivity contribution in [1.82, 2.24) is 9.78 Å². The molecule has 3 aromatic rings. The third kappa shape index (κ3) is 3.11. The molecule has 28 heavy (non-hydrogen) atoms. The highest BCUT2D eigenvalue weighted by molar-refractivity contribution is 6.04. The van der Waals surface area contributed by atoms with Crippen LogP contribution in [0.2, 0.25) is 0 Å². The molecule has 0 aliphatic heterocycles. The fourth-order valence-electron chi connectivity index (χ4n) is 3.70. The maximum atomic E-state index is 13.1. The molecule has 0 radical (unpaired) electrons. The van der Waals surface area contributed by atoms with Crippen LogP contribution in [0.25, 0.3) is 5.69 Å². The number of carbonyl (C=O) groups excluding carboxylic acids is 1. The van der Waals surface area contributed by atoms with Crippen molar-refractivity contribution in [1.29, 1.82) is 0 Å². The number of benzene rings is 2. The Kier molecular flexibility index (Phi) is 4.77. The van der Waals surface area contributed by atoms with Gasteiger partial charge in [0, 0.05) is 23.0 Å². The molecule has 1 amide bonds. The number of amides is 1. The third-order valence-corrected chi connectivity index (χ3v) is 5.12. The normalized spacial score (nSPS) is 12.5. The minimum absolute atomic E-state index is 0.205. The molecule has 1 aliphatic carbocycles.